The quantitative estimate of drug-likeness (QED) is 0.734. The molecule has 0 N–H and O–H groups in total. The number of anilines is 1. The summed E-state index contributed by atoms with van der Waals surface area (Å²) in [6.07, 6.45) is 0.425. The first-order valence-electron chi connectivity index (χ1n) is 4.49. The summed E-state index contributed by atoms with van der Waals surface area (Å²) in [5.74, 6) is -1.21. The van der Waals surface area contributed by atoms with Crippen molar-refractivity contribution in [3.63, 3.8) is 0 Å². The highest BCUT2D eigenvalue weighted by atomic mass is 79.9. The molecule has 0 bridgehead atoms. The van der Waals surface area contributed by atoms with E-state index in [0.29, 0.717) is 13.0 Å². The van der Waals surface area contributed by atoms with Gasteiger partial charge in [0.15, 0.2) is 11.6 Å². The number of halogens is 3. The fourth-order valence-electron chi connectivity index (χ4n) is 1.60. The minimum absolute atomic E-state index is 0.0786. The number of nitrogens with zero attached hydrogens (tertiary/aromatic N) is 1. The molecular formula is C10H8BrF2NO. The topological polar surface area (TPSA) is 20.3 Å². The van der Waals surface area contributed by atoms with Gasteiger partial charge in [0.1, 0.15) is 5.82 Å². The Balaban J connectivity index is 2.37. The van der Waals surface area contributed by atoms with Gasteiger partial charge in [-0.2, -0.15) is 0 Å². The molecule has 1 aliphatic rings. The maximum Gasteiger partial charge on any atom is 0.163 e. The van der Waals surface area contributed by atoms with Crippen LogP contribution in [0.15, 0.2) is 16.6 Å². The Morgan fingerprint density at radius 1 is 1.33 bits per heavy atom. The van der Waals surface area contributed by atoms with Gasteiger partial charge < -0.3 is 4.90 Å². The Kier molecular flexibility index (Phi) is 2.73. The van der Waals surface area contributed by atoms with Crippen LogP contribution in [0.1, 0.15) is 6.42 Å². The molecule has 5 heteroatoms. The van der Waals surface area contributed by atoms with Crippen LogP contribution in [0.5, 0.6) is 0 Å². The first-order chi connectivity index (χ1) is 7.09. The first kappa shape index (κ1) is 10.5. The van der Waals surface area contributed by atoms with Crippen molar-refractivity contribution >= 4 is 27.4 Å². The highest BCUT2D eigenvalue weighted by molar-refractivity contribution is 9.10. The number of hydrogen-bond donors (Lipinski definition) is 0. The van der Waals surface area contributed by atoms with Gasteiger partial charge in [0.05, 0.1) is 16.7 Å². The molecule has 1 saturated heterocycles. The van der Waals surface area contributed by atoms with Crippen LogP contribution in [0.2, 0.25) is 0 Å². The highest BCUT2D eigenvalue weighted by Crippen LogP contribution is 2.29. The lowest BCUT2D eigenvalue weighted by atomic mass is 10.2. The second kappa shape index (κ2) is 3.89. The van der Waals surface area contributed by atoms with Gasteiger partial charge in [0, 0.05) is 13.0 Å². The van der Waals surface area contributed by atoms with E-state index in [0.717, 1.165) is 0 Å². The van der Waals surface area contributed by atoms with Crippen LogP contribution >= 0.6 is 15.9 Å². The molecule has 0 spiro atoms. The Bertz CT molecular complexity index is 422. The predicted molar refractivity (Wildman–Crippen MR) is 55.9 cm³/mol. The zero-order valence-electron chi connectivity index (χ0n) is 7.77. The smallest absolute Gasteiger partial charge is 0.163 e. The van der Waals surface area contributed by atoms with E-state index in [-0.39, 0.29) is 22.5 Å². The predicted octanol–water partition coefficient (Wildman–Crippen LogP) is 2.51. The van der Waals surface area contributed by atoms with Crippen molar-refractivity contribution in [3.05, 3.63) is 28.2 Å². The molecule has 2 nitrogen and oxygen atoms in total. The van der Waals surface area contributed by atoms with Gasteiger partial charge in [-0.15, -0.1) is 0 Å². The SMILES string of the molecule is O=C1CCN(c2ccc(F)c(Br)c2F)C1. The Morgan fingerprint density at radius 2 is 2.07 bits per heavy atom. The molecule has 1 aromatic carbocycles. The molecule has 0 aromatic heterocycles. The molecule has 1 heterocycles. The number of rotatable bonds is 1. The number of Topliss-reactive ketones (excluding diaryl/α,β-unsaturated/α-hetero) is 1. The molecule has 1 aliphatic heterocycles. The van der Waals surface area contributed by atoms with Gasteiger partial charge in [-0.25, -0.2) is 8.78 Å². The summed E-state index contributed by atoms with van der Waals surface area (Å²) in [5, 5.41) is 0. The van der Waals surface area contributed by atoms with E-state index in [1.807, 2.05) is 0 Å². The van der Waals surface area contributed by atoms with Crippen molar-refractivity contribution in [1.82, 2.24) is 0 Å². The molecule has 15 heavy (non-hydrogen) atoms. The molecule has 0 unspecified atom stereocenters. The van der Waals surface area contributed by atoms with Crippen molar-refractivity contribution in [2.24, 2.45) is 0 Å². The van der Waals surface area contributed by atoms with E-state index in [1.165, 1.54) is 12.1 Å². The summed E-state index contributed by atoms with van der Waals surface area (Å²) < 4.78 is 26.4. The van der Waals surface area contributed by atoms with Crippen molar-refractivity contribution in [2.75, 3.05) is 18.0 Å². The van der Waals surface area contributed by atoms with Gasteiger partial charge in [-0.05, 0) is 28.1 Å². The molecule has 1 aromatic rings. The Morgan fingerprint density at radius 3 is 2.67 bits per heavy atom. The minimum Gasteiger partial charge on any atom is -0.361 e. The Hall–Kier alpha value is -0.970. The van der Waals surface area contributed by atoms with E-state index >= 15 is 0 Å². The second-order valence-electron chi connectivity index (χ2n) is 3.40. The van der Waals surface area contributed by atoms with Crippen LogP contribution in [0.3, 0.4) is 0 Å². The lowest BCUT2D eigenvalue weighted by Gasteiger charge is -2.17. The lowest BCUT2D eigenvalue weighted by Crippen LogP contribution is -2.21. The summed E-state index contributed by atoms with van der Waals surface area (Å²) in [4.78, 5) is 12.7. The number of benzene rings is 1. The van der Waals surface area contributed by atoms with Gasteiger partial charge in [0.2, 0.25) is 0 Å². The fourth-order valence-corrected chi connectivity index (χ4v) is 1.93. The summed E-state index contributed by atoms with van der Waals surface area (Å²) >= 11 is 2.83. The van der Waals surface area contributed by atoms with Crippen LogP contribution < -0.4 is 4.90 Å². The van der Waals surface area contributed by atoms with E-state index in [4.69, 9.17) is 0 Å². The summed E-state index contributed by atoms with van der Waals surface area (Å²) in [6, 6.07) is 2.54. The average Bonchev–Trinajstić information content (AvgIpc) is 2.61. The van der Waals surface area contributed by atoms with Crippen molar-refractivity contribution in [1.29, 1.82) is 0 Å². The number of ketones is 1. The van der Waals surface area contributed by atoms with Crippen LogP contribution in [0, 0.1) is 11.6 Å². The van der Waals surface area contributed by atoms with Crippen LogP contribution in [-0.4, -0.2) is 18.9 Å². The zero-order chi connectivity index (χ0) is 11.0. The third kappa shape index (κ3) is 1.88. The molecule has 0 amide bonds. The molecular weight excluding hydrogens is 268 g/mol. The van der Waals surface area contributed by atoms with Gasteiger partial charge in [-0.3, -0.25) is 4.79 Å². The maximum absolute atomic E-state index is 13.6. The molecule has 1 fully saturated rings. The van der Waals surface area contributed by atoms with Crippen molar-refractivity contribution in [3.8, 4) is 0 Å². The van der Waals surface area contributed by atoms with E-state index < -0.39 is 11.6 Å². The zero-order valence-corrected chi connectivity index (χ0v) is 9.35. The standard InChI is InChI=1S/C10H8BrF2NO/c11-9-7(12)1-2-8(10(9)13)14-4-3-6(15)5-14/h1-2H,3-5H2. The lowest BCUT2D eigenvalue weighted by molar-refractivity contribution is -0.116. The molecule has 0 aliphatic carbocycles. The largest absolute Gasteiger partial charge is 0.361 e. The average molecular weight is 276 g/mol. The minimum atomic E-state index is -0.648. The number of hydrogen-bond acceptors (Lipinski definition) is 2. The molecule has 0 radical (unpaired) electrons. The third-order valence-electron chi connectivity index (χ3n) is 2.38. The summed E-state index contributed by atoms with van der Waals surface area (Å²) in [7, 11) is 0. The normalized spacial score (nSPS) is 16.2. The number of carbonyl (C=O) groups is 1. The third-order valence-corrected chi connectivity index (χ3v) is 3.11. The molecule has 80 valence electrons. The summed E-state index contributed by atoms with van der Waals surface area (Å²) in [5.41, 5.74) is 0.272. The van der Waals surface area contributed by atoms with E-state index in [2.05, 4.69) is 15.9 Å². The highest BCUT2D eigenvalue weighted by Gasteiger charge is 2.23. The van der Waals surface area contributed by atoms with Gasteiger partial charge in [0.25, 0.3) is 0 Å². The van der Waals surface area contributed by atoms with Crippen LogP contribution in [0.4, 0.5) is 14.5 Å². The molecule has 0 atom stereocenters. The van der Waals surface area contributed by atoms with Crippen LogP contribution in [-0.2, 0) is 4.79 Å². The van der Waals surface area contributed by atoms with Gasteiger partial charge in [-0.1, -0.05) is 0 Å². The monoisotopic (exact) mass is 275 g/mol. The number of carbonyl (C=O) groups excluding carboxylic acids is 1. The summed E-state index contributed by atoms with van der Waals surface area (Å²) in [6.45, 7) is 0.697. The maximum atomic E-state index is 13.6. The van der Waals surface area contributed by atoms with Crippen molar-refractivity contribution in [2.45, 2.75) is 6.42 Å². The fraction of sp³-hybridized carbons (Fsp3) is 0.300. The van der Waals surface area contributed by atoms with Gasteiger partial charge >= 0.3 is 0 Å². The Labute approximate surface area is 94.0 Å². The van der Waals surface area contributed by atoms with E-state index in [1.54, 1.807) is 4.90 Å². The van der Waals surface area contributed by atoms with Crippen LogP contribution in [0.25, 0.3) is 0 Å². The first-order valence-corrected chi connectivity index (χ1v) is 5.29. The van der Waals surface area contributed by atoms with Crippen molar-refractivity contribution < 1.29 is 13.6 Å². The van der Waals surface area contributed by atoms with E-state index in [9.17, 15) is 13.6 Å². The second-order valence-corrected chi connectivity index (χ2v) is 4.20. The molecule has 0 saturated carbocycles. The molecule has 2 rings (SSSR count).